The van der Waals surface area contributed by atoms with Gasteiger partial charge in [0.1, 0.15) is 0 Å². The van der Waals surface area contributed by atoms with Gasteiger partial charge < -0.3 is 0 Å². The molecule has 0 nitrogen and oxygen atoms in total. The molecule has 0 aliphatic heterocycles. The number of halogens is 1. The van der Waals surface area contributed by atoms with Crippen LogP contribution in [-0.2, 0) is 10.8 Å². The van der Waals surface area contributed by atoms with E-state index in [9.17, 15) is 0 Å². The molecule has 8 aromatic rings. The fourth-order valence-corrected chi connectivity index (χ4v) is 11.0. The molecule has 0 saturated carbocycles. The van der Waals surface area contributed by atoms with Crippen LogP contribution in [0, 0.1) is 24.3 Å². The Morgan fingerprint density at radius 1 is 0.422 bits per heavy atom. The number of rotatable bonds is 10. The number of hydrogen-bond acceptors (Lipinski definition) is 0. The second-order valence-corrected chi connectivity index (χ2v) is 22.7. The van der Waals surface area contributed by atoms with Gasteiger partial charge >= 0.3 is 244 Å². The predicted molar refractivity (Wildman–Crippen MR) is 276 cm³/mol. The van der Waals surface area contributed by atoms with Gasteiger partial charge in [-0.25, -0.2) is 0 Å². The van der Waals surface area contributed by atoms with Crippen molar-refractivity contribution in [2.75, 3.05) is 4.93 Å². The summed E-state index contributed by atoms with van der Waals surface area (Å²) in [4.78, 5) is 2.37. The first-order chi connectivity index (χ1) is 30.5. The van der Waals surface area contributed by atoms with Gasteiger partial charge in [0, 0.05) is 0 Å². The van der Waals surface area contributed by atoms with E-state index in [0.29, 0.717) is 5.92 Å². The van der Waals surface area contributed by atoms with Crippen molar-refractivity contribution in [2.24, 2.45) is 0 Å². The van der Waals surface area contributed by atoms with Gasteiger partial charge in [-0.05, 0) is 50.3 Å². The van der Waals surface area contributed by atoms with Gasteiger partial charge in [0.2, 0.25) is 0 Å². The zero-order valence-corrected chi connectivity index (χ0v) is 42.5. The zero-order valence-electron chi connectivity index (χ0n) is 40.3. The normalized spacial score (nSPS) is 12.6. The third-order valence-electron chi connectivity index (χ3n) is 13.3. The molecule has 326 valence electrons. The summed E-state index contributed by atoms with van der Waals surface area (Å²) in [5.41, 5.74) is 23.2. The van der Waals surface area contributed by atoms with E-state index in [1.165, 1.54) is 127 Å². The molecule has 0 aliphatic rings. The number of fused-ring (bicyclic) bond motifs is 1. The molecule has 0 saturated heterocycles. The van der Waals surface area contributed by atoms with E-state index in [1.807, 2.05) is 0 Å². The maximum absolute atomic E-state index is 2.45. The first kappa shape index (κ1) is 45.3. The minimum absolute atomic E-state index is 0.0469. The average Bonchev–Trinajstić information content (AvgIpc) is 3.28. The van der Waals surface area contributed by atoms with Crippen LogP contribution in [0.4, 0.5) is 0 Å². The van der Waals surface area contributed by atoms with Gasteiger partial charge in [0.05, 0.1) is 0 Å². The summed E-state index contributed by atoms with van der Waals surface area (Å²) in [5.74, 6) is 0.556. The summed E-state index contributed by atoms with van der Waals surface area (Å²) in [6.45, 7) is 25.1. The van der Waals surface area contributed by atoms with E-state index in [0.717, 1.165) is 0 Å². The van der Waals surface area contributed by atoms with Crippen molar-refractivity contribution in [3.8, 4) is 66.8 Å². The third-order valence-corrected chi connectivity index (χ3v) is 15.6. The maximum atomic E-state index is 2.45. The van der Waals surface area contributed by atoms with Crippen LogP contribution in [0.5, 0.6) is 0 Å². The van der Waals surface area contributed by atoms with E-state index in [2.05, 4.69) is 233 Å². The number of alkyl halides is 1. The second kappa shape index (κ2) is 18.3. The summed E-state index contributed by atoms with van der Waals surface area (Å²) >= 11 is -0.0469. The van der Waals surface area contributed by atoms with E-state index < -0.39 is 0 Å². The summed E-state index contributed by atoms with van der Waals surface area (Å²) in [6, 6.07) is 59.1. The molecule has 0 amide bonds. The number of hydrogen-bond donors (Lipinski definition) is 0. The molecule has 1 atom stereocenters. The van der Waals surface area contributed by atoms with Gasteiger partial charge in [-0.15, -0.1) is 0 Å². The Kier molecular flexibility index (Phi) is 13.0. The van der Waals surface area contributed by atoms with Crippen molar-refractivity contribution >= 4 is 10.8 Å². The van der Waals surface area contributed by atoms with Crippen LogP contribution in [0.3, 0.4) is 0 Å². The van der Waals surface area contributed by atoms with Gasteiger partial charge in [-0.1, -0.05) is 103 Å². The van der Waals surface area contributed by atoms with Gasteiger partial charge in [-0.2, -0.15) is 0 Å². The molecule has 0 spiro atoms. The Morgan fingerprint density at radius 2 is 0.797 bits per heavy atom. The van der Waals surface area contributed by atoms with E-state index in [1.54, 1.807) is 0 Å². The Balaban J connectivity index is 1.34. The monoisotopic (exact) mass is 949 g/mol. The van der Waals surface area contributed by atoms with E-state index in [4.69, 9.17) is 0 Å². The molecule has 1 heteroatoms. The van der Waals surface area contributed by atoms with Crippen LogP contribution in [0.25, 0.3) is 77.5 Å². The molecule has 1 unspecified atom stereocenters. The number of aryl methyl sites for hydroxylation is 3. The first-order valence-corrected chi connectivity index (χ1v) is 26.5. The fourth-order valence-electron chi connectivity index (χ4n) is 9.37. The molecule has 0 aliphatic carbocycles. The summed E-state index contributed by atoms with van der Waals surface area (Å²) in [7, 11) is 0. The topological polar surface area (TPSA) is 0 Å². The number of benzene rings is 8. The molecular formula is C63H66I-. The Labute approximate surface area is 395 Å². The SMILES string of the molecule is CCCC(C)c1ccc(-c2cc(-c3ccc(C)c([I-]C)c3)cc(-c3cc(C)cc4c(-c5cc(-c6ccc(C(C)(C)C)cc6)cc(-c6ccc(C(C)(C)C)cc6)c5)cc(C)cc34)c2)cc1. The van der Waals surface area contributed by atoms with Crippen molar-refractivity contribution in [2.45, 2.75) is 106 Å². The zero-order chi connectivity index (χ0) is 45.5. The van der Waals surface area contributed by atoms with Crippen LogP contribution in [0.2, 0.25) is 0 Å². The van der Waals surface area contributed by atoms with Crippen LogP contribution < -0.4 is 21.2 Å². The van der Waals surface area contributed by atoms with Crippen molar-refractivity contribution < 1.29 is 21.2 Å². The van der Waals surface area contributed by atoms with Crippen molar-refractivity contribution in [1.82, 2.24) is 0 Å². The molecule has 0 heterocycles. The molecular weight excluding hydrogens is 884 g/mol. The third kappa shape index (κ3) is 9.71. The van der Waals surface area contributed by atoms with Crippen molar-refractivity contribution in [3.05, 3.63) is 189 Å². The van der Waals surface area contributed by atoms with Crippen molar-refractivity contribution in [1.29, 1.82) is 0 Å². The van der Waals surface area contributed by atoms with Crippen LogP contribution in [-0.4, -0.2) is 4.93 Å². The van der Waals surface area contributed by atoms with E-state index in [-0.39, 0.29) is 32.0 Å². The first-order valence-electron chi connectivity index (χ1n) is 23.3. The summed E-state index contributed by atoms with van der Waals surface area (Å²) < 4.78 is 1.51. The van der Waals surface area contributed by atoms with Gasteiger partial charge in [0.15, 0.2) is 0 Å². The Bertz CT molecular complexity index is 2870. The van der Waals surface area contributed by atoms with Crippen LogP contribution in [0.1, 0.15) is 108 Å². The molecule has 0 radical (unpaired) electrons. The van der Waals surface area contributed by atoms with Crippen molar-refractivity contribution in [3.63, 3.8) is 0 Å². The van der Waals surface area contributed by atoms with Gasteiger partial charge in [0.25, 0.3) is 0 Å². The summed E-state index contributed by atoms with van der Waals surface area (Å²) in [6.07, 6.45) is 2.40. The van der Waals surface area contributed by atoms with E-state index >= 15 is 0 Å². The van der Waals surface area contributed by atoms with Gasteiger partial charge in [-0.3, -0.25) is 0 Å². The standard InChI is InChI=1S/C63H66I/c1-13-14-42(4)44-17-19-45(20-18-44)51-34-52(48-16-15-43(5)61(39-48)64-12)38-54(37-51)58-30-41(3)31-59-57(29-40(2)32-60(58)59)53-35-49(46-21-25-55(26-22-46)62(6,7)8)33-50(36-53)47-23-27-56(28-24-47)63(9,10)11/h15-39,42H,13-14H2,1-12H3/q-1. The van der Waals surface area contributed by atoms with Crippen LogP contribution >= 0.6 is 0 Å². The predicted octanol–water partition coefficient (Wildman–Crippen LogP) is 15.2. The Morgan fingerprint density at radius 3 is 1.19 bits per heavy atom. The molecule has 0 N–H and O–H groups in total. The molecule has 8 aromatic carbocycles. The van der Waals surface area contributed by atoms with Crippen LogP contribution in [0.15, 0.2) is 152 Å². The summed E-state index contributed by atoms with van der Waals surface area (Å²) in [5, 5.41) is 2.57. The average molecular weight is 950 g/mol. The molecule has 64 heavy (non-hydrogen) atoms. The molecule has 0 fully saturated rings. The molecule has 8 rings (SSSR count). The molecule has 0 bridgehead atoms. The quantitative estimate of drug-likeness (QED) is 0.0947. The second-order valence-electron chi connectivity index (χ2n) is 20.4. The fraction of sp³-hybridized carbons (Fsp3) is 0.270. The molecule has 0 aromatic heterocycles. The minimum atomic E-state index is -0.0469. The Hall–Kier alpha value is -5.25.